The number of hydrogen-bond donors (Lipinski definition) is 2. The number of fused-ring (bicyclic) bond motifs is 4. The van der Waals surface area contributed by atoms with Gasteiger partial charge in [-0.05, 0) is 37.1 Å². The Morgan fingerprint density at radius 1 is 1.00 bits per heavy atom. The van der Waals surface area contributed by atoms with E-state index < -0.39 is 16.1 Å². The molecule has 2 aliphatic rings. The standard InChI is InChI=1S/C22H18N8O4S/c31-21-18-15(35(33,34)30-12-26-19-20(30)25-10-9-24-19)7-6-13(17(18)14-4-3-11-29(14)21)27-22(32)28-16-5-1-2-8-23-16/h1-2,5-10,12,14H,3-4,11H2,(H2,23,27,28,32)/t14-/m1/s1. The zero-order chi connectivity index (χ0) is 24.2. The first kappa shape index (κ1) is 21.2. The summed E-state index contributed by atoms with van der Waals surface area (Å²) in [6.45, 7) is 0.511. The fourth-order valence-electron chi connectivity index (χ4n) is 4.66. The zero-order valence-corrected chi connectivity index (χ0v) is 18.9. The first-order chi connectivity index (χ1) is 16.9. The number of urea groups is 1. The molecule has 3 aromatic heterocycles. The maximum Gasteiger partial charge on any atom is 0.324 e. The van der Waals surface area contributed by atoms with E-state index in [1.807, 2.05) is 0 Å². The molecule has 3 amide bonds. The van der Waals surface area contributed by atoms with E-state index in [0.717, 1.165) is 16.7 Å². The van der Waals surface area contributed by atoms with E-state index in [0.29, 0.717) is 30.0 Å². The minimum atomic E-state index is -4.24. The van der Waals surface area contributed by atoms with E-state index in [2.05, 4.69) is 30.6 Å². The van der Waals surface area contributed by atoms with Gasteiger partial charge in [-0.2, -0.15) is 0 Å². The molecule has 2 aliphatic heterocycles. The fraction of sp³-hybridized carbons (Fsp3) is 0.182. The lowest BCUT2D eigenvalue weighted by molar-refractivity contribution is 0.0773. The number of imidazole rings is 1. The Bertz CT molecular complexity index is 1600. The van der Waals surface area contributed by atoms with Crippen LogP contribution in [-0.4, -0.2) is 55.7 Å². The van der Waals surface area contributed by atoms with Crippen molar-refractivity contribution >= 4 is 44.8 Å². The molecule has 0 bridgehead atoms. The molecule has 176 valence electrons. The van der Waals surface area contributed by atoms with Gasteiger partial charge in [0.25, 0.3) is 15.9 Å². The number of anilines is 2. The van der Waals surface area contributed by atoms with Crippen molar-refractivity contribution in [3.63, 3.8) is 0 Å². The van der Waals surface area contributed by atoms with Crippen LogP contribution in [0.15, 0.2) is 60.1 Å². The molecule has 0 spiro atoms. The summed E-state index contributed by atoms with van der Waals surface area (Å²) in [5.41, 5.74) is 1.13. The van der Waals surface area contributed by atoms with Crippen LogP contribution < -0.4 is 10.6 Å². The zero-order valence-electron chi connectivity index (χ0n) is 18.1. The van der Waals surface area contributed by atoms with Crippen LogP contribution in [0, 0.1) is 0 Å². The molecule has 1 aromatic carbocycles. The largest absolute Gasteiger partial charge is 0.331 e. The lowest BCUT2D eigenvalue weighted by atomic mass is 10.00. The molecule has 13 heteroatoms. The molecular formula is C22H18N8O4S. The third-order valence-corrected chi connectivity index (χ3v) is 7.79. The number of rotatable bonds is 4. The van der Waals surface area contributed by atoms with E-state index in [1.165, 1.54) is 24.5 Å². The second-order valence-electron chi connectivity index (χ2n) is 8.10. The van der Waals surface area contributed by atoms with Crippen LogP contribution >= 0.6 is 0 Å². The van der Waals surface area contributed by atoms with Crippen molar-refractivity contribution in [2.24, 2.45) is 0 Å². The Morgan fingerprint density at radius 2 is 1.86 bits per heavy atom. The number of carbonyl (C=O) groups excluding carboxylic acids is 2. The minimum absolute atomic E-state index is 0.0519. The lowest BCUT2D eigenvalue weighted by Gasteiger charge is -2.18. The Hall–Kier alpha value is -4.39. The van der Waals surface area contributed by atoms with Crippen LogP contribution in [0.3, 0.4) is 0 Å². The van der Waals surface area contributed by atoms with Crippen molar-refractivity contribution in [3.05, 3.63) is 66.4 Å². The highest BCUT2D eigenvalue weighted by atomic mass is 32.2. The number of amides is 3. The Kier molecular flexibility index (Phi) is 4.74. The predicted molar refractivity (Wildman–Crippen MR) is 124 cm³/mol. The molecule has 5 heterocycles. The Balaban J connectivity index is 1.45. The highest BCUT2D eigenvalue weighted by Gasteiger charge is 2.45. The average molecular weight is 491 g/mol. The topological polar surface area (TPSA) is 152 Å². The van der Waals surface area contributed by atoms with Crippen LogP contribution in [0.1, 0.15) is 34.8 Å². The summed E-state index contributed by atoms with van der Waals surface area (Å²) in [5.74, 6) is -0.0297. The third-order valence-electron chi connectivity index (χ3n) is 6.11. The molecule has 2 N–H and O–H groups in total. The van der Waals surface area contributed by atoms with Gasteiger partial charge in [0.2, 0.25) is 0 Å². The molecule has 4 aromatic rings. The maximum absolute atomic E-state index is 13.7. The first-order valence-electron chi connectivity index (χ1n) is 10.8. The van der Waals surface area contributed by atoms with Crippen LogP contribution in [0.2, 0.25) is 0 Å². The molecule has 0 radical (unpaired) electrons. The van der Waals surface area contributed by atoms with Gasteiger partial charge in [-0.1, -0.05) is 6.07 Å². The maximum atomic E-state index is 13.7. The number of aromatic nitrogens is 5. The number of nitrogens with zero attached hydrogens (tertiary/aromatic N) is 6. The highest BCUT2D eigenvalue weighted by molar-refractivity contribution is 7.90. The van der Waals surface area contributed by atoms with Crippen LogP contribution in [0.25, 0.3) is 11.3 Å². The smallest absolute Gasteiger partial charge is 0.324 e. The lowest BCUT2D eigenvalue weighted by Crippen LogP contribution is -2.24. The van der Waals surface area contributed by atoms with Crippen molar-refractivity contribution in [1.29, 1.82) is 0 Å². The van der Waals surface area contributed by atoms with Gasteiger partial charge >= 0.3 is 6.03 Å². The quantitative estimate of drug-likeness (QED) is 0.442. The van der Waals surface area contributed by atoms with Crippen molar-refractivity contribution in [2.45, 2.75) is 23.8 Å². The number of hydrogen-bond acceptors (Lipinski definition) is 8. The minimum Gasteiger partial charge on any atom is -0.331 e. The summed E-state index contributed by atoms with van der Waals surface area (Å²) >= 11 is 0. The second kappa shape index (κ2) is 7.84. The first-order valence-corrected chi connectivity index (χ1v) is 12.3. The van der Waals surface area contributed by atoms with Crippen molar-refractivity contribution in [2.75, 3.05) is 17.2 Å². The number of benzene rings is 1. The summed E-state index contributed by atoms with van der Waals surface area (Å²) < 4.78 is 28.3. The monoisotopic (exact) mass is 490 g/mol. The van der Waals surface area contributed by atoms with Crippen LogP contribution in [0.5, 0.6) is 0 Å². The van der Waals surface area contributed by atoms with Gasteiger partial charge in [0.1, 0.15) is 17.0 Å². The molecule has 0 saturated carbocycles. The van der Waals surface area contributed by atoms with Gasteiger partial charge in [-0.3, -0.25) is 10.1 Å². The normalized spacial score (nSPS) is 16.9. The summed E-state index contributed by atoms with van der Waals surface area (Å²) in [7, 11) is -4.24. The fourth-order valence-corrected chi connectivity index (χ4v) is 6.10. The van der Waals surface area contributed by atoms with E-state index >= 15 is 0 Å². The Labute approximate surface area is 199 Å². The molecule has 6 rings (SSSR count). The summed E-state index contributed by atoms with van der Waals surface area (Å²) in [6, 6.07) is 7.05. The third kappa shape index (κ3) is 3.31. The highest BCUT2D eigenvalue weighted by Crippen LogP contribution is 2.47. The van der Waals surface area contributed by atoms with E-state index in [4.69, 9.17) is 0 Å². The van der Waals surface area contributed by atoms with Gasteiger partial charge in [0, 0.05) is 36.4 Å². The number of carbonyl (C=O) groups is 2. The van der Waals surface area contributed by atoms with Gasteiger partial charge in [-0.15, -0.1) is 0 Å². The van der Waals surface area contributed by atoms with Gasteiger partial charge in [-0.25, -0.2) is 37.1 Å². The molecule has 1 fully saturated rings. The van der Waals surface area contributed by atoms with Crippen LogP contribution in [-0.2, 0) is 10.0 Å². The molecule has 1 saturated heterocycles. The SMILES string of the molecule is O=C(Nc1ccccn1)Nc1ccc(S(=O)(=O)n2cnc3nccnc32)c2c1[C@H]1CCCN1C2=O. The van der Waals surface area contributed by atoms with Gasteiger partial charge < -0.3 is 10.2 Å². The predicted octanol–water partition coefficient (Wildman–Crippen LogP) is 2.39. The molecule has 35 heavy (non-hydrogen) atoms. The Morgan fingerprint density at radius 3 is 2.69 bits per heavy atom. The molecule has 0 aliphatic carbocycles. The summed E-state index contributed by atoms with van der Waals surface area (Å²) in [5, 5.41) is 5.40. The van der Waals surface area contributed by atoms with Gasteiger partial charge in [0.15, 0.2) is 11.3 Å². The van der Waals surface area contributed by atoms with E-state index in [-0.39, 0.29) is 33.7 Å². The summed E-state index contributed by atoms with van der Waals surface area (Å²) in [4.78, 5) is 43.7. The molecule has 1 atom stereocenters. The summed E-state index contributed by atoms with van der Waals surface area (Å²) in [6.07, 6.45) is 6.91. The van der Waals surface area contributed by atoms with Crippen molar-refractivity contribution in [1.82, 2.24) is 28.8 Å². The van der Waals surface area contributed by atoms with E-state index in [9.17, 15) is 18.0 Å². The average Bonchev–Trinajstić information content (AvgIpc) is 3.56. The second-order valence-corrected chi connectivity index (χ2v) is 9.88. The van der Waals surface area contributed by atoms with Gasteiger partial charge in [0.05, 0.1) is 11.6 Å². The number of pyridine rings is 1. The van der Waals surface area contributed by atoms with Crippen molar-refractivity contribution < 1.29 is 18.0 Å². The molecular weight excluding hydrogens is 472 g/mol. The number of nitrogens with one attached hydrogen (secondary N) is 2. The van der Waals surface area contributed by atoms with Crippen molar-refractivity contribution in [3.8, 4) is 0 Å². The molecule has 0 unspecified atom stereocenters. The van der Waals surface area contributed by atoms with E-state index in [1.54, 1.807) is 29.3 Å². The van der Waals surface area contributed by atoms with Crippen LogP contribution in [0.4, 0.5) is 16.3 Å². The molecule has 12 nitrogen and oxygen atoms in total.